The number of hydrogen-bond acceptors (Lipinski definition) is 4. The fourth-order valence-electron chi connectivity index (χ4n) is 3.10. The van der Waals surface area contributed by atoms with Crippen molar-refractivity contribution in [2.75, 3.05) is 26.2 Å². The smallest absolute Gasteiger partial charge is 0.410 e. The zero-order valence-electron chi connectivity index (χ0n) is 13.0. The molecule has 0 aliphatic carbocycles. The van der Waals surface area contributed by atoms with Crippen LogP contribution in [0, 0.1) is 5.92 Å². The van der Waals surface area contributed by atoms with Gasteiger partial charge in [0, 0.05) is 19.7 Å². The molecule has 0 bridgehead atoms. The van der Waals surface area contributed by atoms with Gasteiger partial charge in [-0.25, -0.2) is 4.79 Å². The number of piperidine rings is 1. The van der Waals surface area contributed by atoms with Crippen LogP contribution in [-0.4, -0.2) is 48.4 Å². The van der Waals surface area contributed by atoms with Gasteiger partial charge in [0.2, 0.25) is 0 Å². The number of carbonyl (C=O) groups is 1. The minimum atomic E-state index is -0.432. The van der Waals surface area contributed by atoms with Crippen molar-refractivity contribution in [2.24, 2.45) is 11.7 Å². The first-order valence-electron chi connectivity index (χ1n) is 7.65. The van der Waals surface area contributed by atoms with Crippen LogP contribution in [0.1, 0.15) is 46.5 Å². The van der Waals surface area contributed by atoms with Gasteiger partial charge in [-0.15, -0.1) is 0 Å². The largest absolute Gasteiger partial charge is 0.444 e. The Morgan fingerprint density at radius 3 is 2.60 bits per heavy atom. The molecule has 2 aliphatic heterocycles. The van der Waals surface area contributed by atoms with Gasteiger partial charge in [-0.2, -0.15) is 0 Å². The zero-order chi connectivity index (χ0) is 14.8. The van der Waals surface area contributed by atoms with Crippen molar-refractivity contribution in [2.45, 2.75) is 57.7 Å². The summed E-state index contributed by atoms with van der Waals surface area (Å²) < 4.78 is 11.5. The number of hydrogen-bond donors (Lipinski definition) is 1. The van der Waals surface area contributed by atoms with Gasteiger partial charge in [0.1, 0.15) is 5.60 Å². The van der Waals surface area contributed by atoms with E-state index < -0.39 is 5.60 Å². The molecule has 0 aromatic heterocycles. The minimum Gasteiger partial charge on any atom is -0.444 e. The van der Waals surface area contributed by atoms with Gasteiger partial charge in [0.15, 0.2) is 0 Å². The van der Waals surface area contributed by atoms with E-state index in [4.69, 9.17) is 15.2 Å². The van der Waals surface area contributed by atoms with Crippen molar-refractivity contribution < 1.29 is 14.3 Å². The maximum atomic E-state index is 12.0. The zero-order valence-corrected chi connectivity index (χ0v) is 13.0. The van der Waals surface area contributed by atoms with Crippen LogP contribution in [0.4, 0.5) is 4.79 Å². The molecule has 0 radical (unpaired) electrons. The Kier molecular flexibility index (Phi) is 4.59. The highest BCUT2D eigenvalue weighted by molar-refractivity contribution is 5.68. The third kappa shape index (κ3) is 3.85. The first kappa shape index (κ1) is 15.6. The molecule has 1 spiro atoms. The van der Waals surface area contributed by atoms with Gasteiger partial charge in [-0.1, -0.05) is 0 Å². The Hall–Kier alpha value is -0.810. The second-order valence-corrected chi connectivity index (χ2v) is 7.09. The topological polar surface area (TPSA) is 64.8 Å². The molecular weight excluding hydrogens is 256 g/mol. The van der Waals surface area contributed by atoms with Crippen LogP contribution >= 0.6 is 0 Å². The van der Waals surface area contributed by atoms with Gasteiger partial charge in [-0.3, -0.25) is 0 Å². The maximum Gasteiger partial charge on any atom is 0.410 e. The van der Waals surface area contributed by atoms with Crippen molar-refractivity contribution in [1.82, 2.24) is 4.90 Å². The Labute approximate surface area is 121 Å². The third-order valence-electron chi connectivity index (χ3n) is 4.25. The van der Waals surface area contributed by atoms with Crippen LogP contribution in [0.5, 0.6) is 0 Å². The number of likely N-dealkylation sites (tertiary alicyclic amines) is 1. The van der Waals surface area contributed by atoms with E-state index in [9.17, 15) is 4.79 Å². The SMILES string of the molecule is CC(C)(C)OC(=O)N1CCC2(CC1)CC(CN)CCO2. The van der Waals surface area contributed by atoms with E-state index in [1.807, 2.05) is 20.8 Å². The second-order valence-electron chi connectivity index (χ2n) is 7.09. The van der Waals surface area contributed by atoms with Crippen molar-refractivity contribution in [3.05, 3.63) is 0 Å². The molecule has 1 amide bonds. The van der Waals surface area contributed by atoms with Gasteiger partial charge in [0.25, 0.3) is 0 Å². The van der Waals surface area contributed by atoms with E-state index in [1.54, 1.807) is 4.90 Å². The monoisotopic (exact) mass is 284 g/mol. The van der Waals surface area contributed by atoms with E-state index in [2.05, 4.69) is 0 Å². The molecule has 5 heteroatoms. The van der Waals surface area contributed by atoms with E-state index in [0.717, 1.165) is 38.8 Å². The number of rotatable bonds is 1. The van der Waals surface area contributed by atoms with Crippen molar-refractivity contribution in [1.29, 1.82) is 0 Å². The molecule has 0 aromatic carbocycles. The van der Waals surface area contributed by atoms with Gasteiger partial charge >= 0.3 is 6.09 Å². The average Bonchev–Trinajstić information content (AvgIpc) is 2.37. The van der Waals surface area contributed by atoms with Gasteiger partial charge in [-0.05, 0) is 58.9 Å². The number of ether oxygens (including phenoxy) is 2. The Balaban J connectivity index is 1.87. The molecule has 5 nitrogen and oxygen atoms in total. The van der Waals surface area contributed by atoms with Crippen molar-refractivity contribution in [3.8, 4) is 0 Å². The van der Waals surface area contributed by atoms with E-state index in [-0.39, 0.29) is 11.7 Å². The quantitative estimate of drug-likeness (QED) is 0.801. The van der Waals surface area contributed by atoms with Crippen LogP contribution in [-0.2, 0) is 9.47 Å². The molecule has 1 unspecified atom stereocenters. The van der Waals surface area contributed by atoms with Crippen LogP contribution in [0.15, 0.2) is 0 Å². The lowest BCUT2D eigenvalue weighted by Gasteiger charge is -2.46. The van der Waals surface area contributed by atoms with Gasteiger partial charge in [0.05, 0.1) is 5.60 Å². The average molecular weight is 284 g/mol. The second kappa shape index (κ2) is 5.90. The highest BCUT2D eigenvalue weighted by atomic mass is 16.6. The molecule has 116 valence electrons. The lowest BCUT2D eigenvalue weighted by Crippen LogP contribution is -2.52. The summed E-state index contributed by atoms with van der Waals surface area (Å²) in [5, 5.41) is 0. The lowest BCUT2D eigenvalue weighted by atomic mass is 9.79. The number of carbonyl (C=O) groups excluding carboxylic acids is 1. The standard InChI is InChI=1S/C15H28N2O3/c1-14(2,3)20-13(18)17-7-5-15(6-8-17)10-12(11-16)4-9-19-15/h12H,4-11,16H2,1-3H3. The number of nitrogens with zero attached hydrogens (tertiary/aromatic N) is 1. The van der Waals surface area contributed by atoms with Crippen LogP contribution in [0.2, 0.25) is 0 Å². The normalized spacial score (nSPS) is 26.6. The maximum absolute atomic E-state index is 12.0. The number of amides is 1. The van der Waals surface area contributed by atoms with Crippen molar-refractivity contribution >= 4 is 6.09 Å². The summed E-state index contributed by atoms with van der Waals surface area (Å²) >= 11 is 0. The molecular formula is C15H28N2O3. The summed E-state index contributed by atoms with van der Waals surface area (Å²) in [7, 11) is 0. The molecule has 2 heterocycles. The summed E-state index contributed by atoms with van der Waals surface area (Å²) in [6.07, 6.45) is 3.67. The third-order valence-corrected chi connectivity index (χ3v) is 4.25. The van der Waals surface area contributed by atoms with Crippen LogP contribution in [0.3, 0.4) is 0 Å². The minimum absolute atomic E-state index is 0.0548. The van der Waals surface area contributed by atoms with Gasteiger partial charge < -0.3 is 20.1 Å². The van der Waals surface area contributed by atoms with Crippen LogP contribution < -0.4 is 5.73 Å². The Bertz CT molecular complexity index is 344. The summed E-state index contributed by atoms with van der Waals surface area (Å²) in [6, 6.07) is 0. The fourth-order valence-corrected chi connectivity index (χ4v) is 3.10. The Morgan fingerprint density at radius 2 is 2.05 bits per heavy atom. The predicted molar refractivity (Wildman–Crippen MR) is 77.5 cm³/mol. The summed E-state index contributed by atoms with van der Waals surface area (Å²) in [5.41, 5.74) is 5.31. The molecule has 2 rings (SSSR count). The van der Waals surface area contributed by atoms with E-state index in [1.165, 1.54) is 0 Å². The fraction of sp³-hybridized carbons (Fsp3) is 0.933. The first-order chi connectivity index (χ1) is 9.34. The summed E-state index contributed by atoms with van der Waals surface area (Å²) in [6.45, 7) is 8.65. The predicted octanol–water partition coefficient (Wildman–Crippen LogP) is 2.14. The molecule has 2 aliphatic rings. The lowest BCUT2D eigenvalue weighted by molar-refractivity contribution is -0.124. The Morgan fingerprint density at radius 1 is 1.40 bits per heavy atom. The molecule has 0 saturated carbocycles. The highest BCUT2D eigenvalue weighted by Gasteiger charge is 2.41. The van der Waals surface area contributed by atoms with E-state index >= 15 is 0 Å². The number of nitrogens with two attached hydrogens (primary N) is 1. The molecule has 1 atom stereocenters. The molecule has 0 aromatic rings. The van der Waals surface area contributed by atoms with Crippen molar-refractivity contribution in [3.63, 3.8) is 0 Å². The first-order valence-corrected chi connectivity index (χ1v) is 7.65. The molecule has 2 N–H and O–H groups in total. The van der Waals surface area contributed by atoms with E-state index in [0.29, 0.717) is 19.0 Å². The summed E-state index contributed by atoms with van der Waals surface area (Å²) in [5.74, 6) is 0.567. The molecule has 20 heavy (non-hydrogen) atoms. The van der Waals surface area contributed by atoms with Crippen LogP contribution in [0.25, 0.3) is 0 Å². The highest BCUT2D eigenvalue weighted by Crippen LogP contribution is 2.37. The summed E-state index contributed by atoms with van der Waals surface area (Å²) in [4.78, 5) is 13.8. The molecule has 2 fully saturated rings. The molecule has 2 saturated heterocycles.